The van der Waals surface area contributed by atoms with Crippen molar-refractivity contribution in [1.29, 1.82) is 0 Å². The van der Waals surface area contributed by atoms with Crippen LogP contribution >= 0.6 is 0 Å². The predicted molar refractivity (Wildman–Crippen MR) is 102 cm³/mol. The Balaban J connectivity index is 1.74. The Morgan fingerprint density at radius 3 is 2.88 bits per heavy atom. The molecule has 0 unspecified atom stereocenters. The maximum absolute atomic E-state index is 11.5. The highest BCUT2D eigenvalue weighted by Gasteiger charge is 2.59. The largest absolute Gasteiger partial charge is 0.508 e. The van der Waals surface area contributed by atoms with Crippen molar-refractivity contribution in [3.05, 3.63) is 42.0 Å². The summed E-state index contributed by atoms with van der Waals surface area (Å²) in [5.74, 6) is 1.33. The molecular weight excluding hydrogens is 324 g/mol. The average molecular weight is 354 g/mol. The van der Waals surface area contributed by atoms with Gasteiger partial charge in [0, 0.05) is 12.3 Å². The minimum Gasteiger partial charge on any atom is -0.508 e. The van der Waals surface area contributed by atoms with Crippen LogP contribution in [0.1, 0.15) is 63.5 Å². The number of rotatable bonds is 3. The van der Waals surface area contributed by atoms with Crippen molar-refractivity contribution in [1.82, 2.24) is 0 Å². The van der Waals surface area contributed by atoms with Crippen LogP contribution in [0.5, 0.6) is 5.75 Å². The van der Waals surface area contributed by atoms with E-state index < -0.39 is 0 Å². The van der Waals surface area contributed by atoms with Crippen molar-refractivity contribution in [3.63, 3.8) is 0 Å². The van der Waals surface area contributed by atoms with E-state index >= 15 is 0 Å². The number of carbonyl (C=O) groups excluding carboxylic acids is 1. The number of benzene rings is 1. The lowest BCUT2D eigenvalue weighted by Crippen LogP contribution is -2.50. The van der Waals surface area contributed by atoms with E-state index in [0.717, 1.165) is 44.9 Å². The van der Waals surface area contributed by atoms with E-state index in [-0.39, 0.29) is 17.5 Å². The second-order valence-corrected chi connectivity index (χ2v) is 8.72. The second kappa shape index (κ2) is 6.14. The molecule has 0 amide bonds. The molecule has 3 aliphatic carbocycles. The first kappa shape index (κ1) is 17.6. The summed E-state index contributed by atoms with van der Waals surface area (Å²) in [6, 6.07) is 5.88. The molecule has 1 N–H and O–H groups in total. The van der Waals surface area contributed by atoms with Crippen LogP contribution in [-0.4, -0.2) is 17.2 Å². The Labute approximate surface area is 156 Å². The van der Waals surface area contributed by atoms with Gasteiger partial charge in [0.05, 0.1) is 0 Å². The monoisotopic (exact) mass is 354 g/mol. The highest BCUT2D eigenvalue weighted by Crippen LogP contribution is 2.65. The van der Waals surface area contributed by atoms with Gasteiger partial charge in [-0.1, -0.05) is 25.5 Å². The fourth-order valence-electron chi connectivity index (χ4n) is 6.72. The van der Waals surface area contributed by atoms with Crippen LogP contribution in [0.25, 0.3) is 0 Å². The average Bonchev–Trinajstić information content (AvgIpc) is 2.98. The molecule has 26 heavy (non-hydrogen) atoms. The summed E-state index contributed by atoms with van der Waals surface area (Å²) in [4.78, 5) is 11.5. The first-order chi connectivity index (χ1) is 12.4. The molecule has 1 aromatic carbocycles. The van der Waals surface area contributed by atoms with Crippen molar-refractivity contribution < 1.29 is 14.6 Å². The smallest absolute Gasteiger partial charge is 0.302 e. The third kappa shape index (κ3) is 2.43. The van der Waals surface area contributed by atoms with E-state index in [1.807, 2.05) is 12.1 Å². The summed E-state index contributed by atoms with van der Waals surface area (Å²) >= 11 is 0. The van der Waals surface area contributed by atoms with Gasteiger partial charge in [-0.25, -0.2) is 0 Å². The highest BCUT2D eigenvalue weighted by atomic mass is 16.5. The van der Waals surface area contributed by atoms with E-state index in [1.54, 1.807) is 0 Å². The van der Waals surface area contributed by atoms with Crippen LogP contribution in [-0.2, 0) is 21.4 Å². The molecular formula is C23H30O3. The molecule has 140 valence electrons. The zero-order valence-electron chi connectivity index (χ0n) is 16.0. The van der Waals surface area contributed by atoms with Crippen LogP contribution in [0, 0.1) is 17.3 Å². The van der Waals surface area contributed by atoms with E-state index in [4.69, 9.17) is 4.74 Å². The standard InChI is InChI=1S/C23H30O3/c1-4-22-10-11-23(5-2)19-9-7-17(25)12-16(19)6-8-20(23)21(22)13-18(14-22)26-15(3)24/h5,7,9,12,18,20-21,25H,2,4,6,8,10-11,13-14H2,1,3H3/t18-,20+,21+,22-,23-/m1/s1. The van der Waals surface area contributed by atoms with Crippen LogP contribution in [0.15, 0.2) is 30.9 Å². The highest BCUT2D eigenvalue weighted by molar-refractivity contribution is 5.66. The Morgan fingerprint density at radius 1 is 1.38 bits per heavy atom. The lowest BCUT2D eigenvalue weighted by atomic mass is 9.48. The van der Waals surface area contributed by atoms with E-state index in [1.165, 1.54) is 18.1 Å². The van der Waals surface area contributed by atoms with Gasteiger partial charge in [0.15, 0.2) is 0 Å². The normalized spacial score (nSPS) is 38.0. The lowest BCUT2D eigenvalue weighted by Gasteiger charge is -2.56. The third-order valence-corrected chi connectivity index (χ3v) is 7.84. The number of allylic oxidation sites excluding steroid dienone is 1. The number of aromatic hydroxyl groups is 1. The Hall–Kier alpha value is -1.77. The van der Waals surface area contributed by atoms with Gasteiger partial charge in [0.25, 0.3) is 0 Å². The summed E-state index contributed by atoms with van der Waals surface area (Å²) < 4.78 is 5.66. The van der Waals surface area contributed by atoms with Crippen molar-refractivity contribution in [3.8, 4) is 5.75 Å². The van der Waals surface area contributed by atoms with Crippen molar-refractivity contribution >= 4 is 5.97 Å². The number of esters is 1. The van der Waals surface area contributed by atoms with Crippen LogP contribution < -0.4 is 0 Å². The number of carbonyl (C=O) groups is 1. The van der Waals surface area contributed by atoms with Gasteiger partial charge in [-0.2, -0.15) is 0 Å². The van der Waals surface area contributed by atoms with Crippen molar-refractivity contribution in [2.24, 2.45) is 17.3 Å². The fraction of sp³-hybridized carbons (Fsp3) is 0.609. The number of hydrogen-bond acceptors (Lipinski definition) is 3. The van der Waals surface area contributed by atoms with Gasteiger partial charge in [0.1, 0.15) is 11.9 Å². The number of phenolic OH excluding ortho intramolecular Hbond substituents is 1. The number of phenols is 1. The van der Waals surface area contributed by atoms with E-state index in [9.17, 15) is 9.90 Å². The summed E-state index contributed by atoms with van der Waals surface area (Å²) in [5.41, 5.74) is 2.93. The van der Waals surface area contributed by atoms with E-state index in [2.05, 4.69) is 25.6 Å². The summed E-state index contributed by atoms with van der Waals surface area (Å²) in [7, 11) is 0. The summed E-state index contributed by atoms with van der Waals surface area (Å²) in [5, 5.41) is 9.91. The molecule has 0 radical (unpaired) electrons. The maximum atomic E-state index is 11.5. The lowest BCUT2D eigenvalue weighted by molar-refractivity contribution is -0.146. The first-order valence-corrected chi connectivity index (χ1v) is 10.1. The summed E-state index contributed by atoms with van der Waals surface area (Å²) in [6.45, 7) is 8.09. The van der Waals surface area contributed by atoms with Gasteiger partial charge < -0.3 is 9.84 Å². The van der Waals surface area contributed by atoms with Crippen LogP contribution in [0.2, 0.25) is 0 Å². The number of fused-ring (bicyclic) bond motifs is 5. The molecule has 0 saturated heterocycles. The molecule has 4 rings (SSSR count). The molecule has 0 aromatic heterocycles. The summed E-state index contributed by atoms with van der Waals surface area (Å²) in [6.07, 6.45) is 9.82. The van der Waals surface area contributed by atoms with E-state index in [0.29, 0.717) is 23.0 Å². The molecule has 1 aromatic rings. The molecule has 0 spiro atoms. The minimum absolute atomic E-state index is 0.00423. The SMILES string of the molecule is C=C[C@]12CC[C@]3(CC)C[C@H](OC(C)=O)C[C@H]3[C@@H]1CCc1cc(O)ccc12. The topological polar surface area (TPSA) is 46.5 Å². The zero-order chi connectivity index (χ0) is 18.5. The van der Waals surface area contributed by atoms with Gasteiger partial charge in [-0.05, 0) is 79.0 Å². The number of aryl methyl sites for hydroxylation is 1. The molecule has 3 nitrogen and oxygen atoms in total. The van der Waals surface area contributed by atoms with Crippen molar-refractivity contribution in [2.45, 2.75) is 70.3 Å². The first-order valence-electron chi connectivity index (χ1n) is 10.1. The Kier molecular flexibility index (Phi) is 4.17. The minimum atomic E-state index is -0.153. The van der Waals surface area contributed by atoms with Crippen LogP contribution in [0.4, 0.5) is 0 Å². The van der Waals surface area contributed by atoms with Gasteiger partial charge in [-0.3, -0.25) is 4.79 Å². The zero-order valence-corrected chi connectivity index (χ0v) is 16.0. The third-order valence-electron chi connectivity index (χ3n) is 7.84. The van der Waals surface area contributed by atoms with Crippen LogP contribution in [0.3, 0.4) is 0 Å². The fourth-order valence-corrected chi connectivity index (χ4v) is 6.72. The molecule has 2 fully saturated rings. The second-order valence-electron chi connectivity index (χ2n) is 8.72. The molecule has 5 atom stereocenters. The maximum Gasteiger partial charge on any atom is 0.302 e. The molecule has 0 aliphatic heterocycles. The molecule has 3 aliphatic rings. The Bertz CT molecular complexity index is 739. The quantitative estimate of drug-likeness (QED) is 0.620. The molecule has 3 heteroatoms. The predicted octanol–water partition coefficient (Wildman–Crippen LogP) is 4.91. The number of hydrogen-bond donors (Lipinski definition) is 1. The number of ether oxygens (including phenoxy) is 1. The van der Waals surface area contributed by atoms with Gasteiger partial charge >= 0.3 is 5.97 Å². The molecule has 0 bridgehead atoms. The molecule has 2 saturated carbocycles. The van der Waals surface area contributed by atoms with Gasteiger partial charge in [0.2, 0.25) is 0 Å². The van der Waals surface area contributed by atoms with Gasteiger partial charge in [-0.15, -0.1) is 6.58 Å². The van der Waals surface area contributed by atoms with Crippen molar-refractivity contribution in [2.75, 3.05) is 0 Å². The molecule has 0 heterocycles. The Morgan fingerprint density at radius 2 is 2.19 bits per heavy atom.